The molecular weight excluding hydrogens is 360 g/mol. The molecule has 0 radical (unpaired) electrons. The zero-order valence-electron chi connectivity index (χ0n) is 15.6. The Morgan fingerprint density at radius 2 is 1.86 bits per heavy atom. The molecule has 1 heterocycles. The third-order valence-electron chi connectivity index (χ3n) is 4.39. The molecule has 7 heteroatoms. The van der Waals surface area contributed by atoms with Crippen LogP contribution in [-0.2, 0) is 19.1 Å². The van der Waals surface area contributed by atoms with Gasteiger partial charge in [-0.1, -0.05) is 42.5 Å². The zero-order chi connectivity index (χ0) is 19.9. The SMILES string of the molecule is C[C@H](NC(=O)COC(=O)CCN1C(=O)COc2ccccc21)c1ccccc1. The van der Waals surface area contributed by atoms with Crippen LogP contribution in [0.1, 0.15) is 24.9 Å². The first-order valence-corrected chi connectivity index (χ1v) is 9.06. The highest BCUT2D eigenvalue weighted by atomic mass is 16.5. The van der Waals surface area contributed by atoms with Gasteiger partial charge in [0.1, 0.15) is 5.75 Å². The molecule has 7 nitrogen and oxygen atoms in total. The van der Waals surface area contributed by atoms with Crippen molar-refractivity contribution < 1.29 is 23.9 Å². The Kier molecular flexibility index (Phi) is 6.26. The lowest BCUT2D eigenvalue weighted by atomic mass is 10.1. The number of benzene rings is 2. The van der Waals surface area contributed by atoms with Gasteiger partial charge in [0.2, 0.25) is 0 Å². The summed E-state index contributed by atoms with van der Waals surface area (Å²) in [6.45, 7) is 1.60. The summed E-state index contributed by atoms with van der Waals surface area (Å²) in [7, 11) is 0. The lowest BCUT2D eigenvalue weighted by molar-refractivity contribution is -0.148. The van der Waals surface area contributed by atoms with Crippen molar-refractivity contribution in [2.24, 2.45) is 0 Å². The van der Waals surface area contributed by atoms with Crippen LogP contribution < -0.4 is 15.0 Å². The van der Waals surface area contributed by atoms with Crippen LogP contribution in [0.3, 0.4) is 0 Å². The van der Waals surface area contributed by atoms with E-state index in [9.17, 15) is 14.4 Å². The number of hydrogen-bond donors (Lipinski definition) is 1. The second kappa shape index (κ2) is 9.03. The zero-order valence-corrected chi connectivity index (χ0v) is 15.6. The quantitative estimate of drug-likeness (QED) is 0.743. The largest absolute Gasteiger partial charge is 0.482 e. The van der Waals surface area contributed by atoms with Gasteiger partial charge >= 0.3 is 5.97 Å². The summed E-state index contributed by atoms with van der Waals surface area (Å²) < 4.78 is 10.4. The molecule has 2 aromatic carbocycles. The van der Waals surface area contributed by atoms with Crippen molar-refractivity contribution in [3.05, 3.63) is 60.2 Å². The van der Waals surface area contributed by atoms with E-state index in [-0.39, 0.29) is 44.0 Å². The van der Waals surface area contributed by atoms with Gasteiger partial charge in [0.25, 0.3) is 11.8 Å². The summed E-state index contributed by atoms with van der Waals surface area (Å²) in [5.41, 5.74) is 1.59. The fourth-order valence-electron chi connectivity index (χ4n) is 2.93. The first-order valence-electron chi connectivity index (χ1n) is 9.06. The summed E-state index contributed by atoms with van der Waals surface area (Å²) in [4.78, 5) is 37.6. The second-order valence-electron chi connectivity index (χ2n) is 6.41. The van der Waals surface area contributed by atoms with Crippen molar-refractivity contribution in [2.75, 3.05) is 24.7 Å². The van der Waals surface area contributed by atoms with E-state index in [1.807, 2.05) is 43.3 Å². The molecular formula is C21H22N2O5. The van der Waals surface area contributed by atoms with Gasteiger partial charge < -0.3 is 19.7 Å². The average Bonchev–Trinajstić information content (AvgIpc) is 2.72. The van der Waals surface area contributed by atoms with Gasteiger partial charge in [-0.05, 0) is 24.6 Å². The number of nitrogens with one attached hydrogen (secondary N) is 1. The Hall–Kier alpha value is -3.35. The highest BCUT2D eigenvalue weighted by Gasteiger charge is 2.25. The van der Waals surface area contributed by atoms with Crippen LogP contribution in [0.4, 0.5) is 5.69 Å². The van der Waals surface area contributed by atoms with Crippen LogP contribution >= 0.6 is 0 Å². The fraction of sp³-hybridized carbons (Fsp3) is 0.286. The first kappa shape index (κ1) is 19.4. The third-order valence-corrected chi connectivity index (χ3v) is 4.39. The van der Waals surface area contributed by atoms with Crippen molar-refractivity contribution in [1.82, 2.24) is 5.32 Å². The average molecular weight is 382 g/mol. The molecule has 3 rings (SSSR count). The van der Waals surface area contributed by atoms with Gasteiger partial charge in [0.15, 0.2) is 13.2 Å². The van der Waals surface area contributed by atoms with E-state index in [1.54, 1.807) is 18.2 Å². The number of hydrogen-bond acceptors (Lipinski definition) is 5. The van der Waals surface area contributed by atoms with E-state index >= 15 is 0 Å². The molecule has 0 fully saturated rings. The minimum Gasteiger partial charge on any atom is -0.482 e. The van der Waals surface area contributed by atoms with Gasteiger partial charge in [0.05, 0.1) is 18.2 Å². The highest BCUT2D eigenvalue weighted by molar-refractivity contribution is 5.98. The molecule has 0 bridgehead atoms. The number of fused-ring (bicyclic) bond motifs is 1. The van der Waals surface area contributed by atoms with Gasteiger partial charge in [-0.3, -0.25) is 14.4 Å². The summed E-state index contributed by atoms with van der Waals surface area (Å²) in [6.07, 6.45) is -0.0123. The molecule has 0 saturated carbocycles. The molecule has 146 valence electrons. The predicted octanol–water partition coefficient (Wildman–Crippen LogP) is 2.22. The summed E-state index contributed by atoms with van der Waals surface area (Å²) in [5.74, 6) is -0.539. The number of nitrogens with zero attached hydrogens (tertiary/aromatic N) is 1. The maximum atomic E-state index is 12.1. The Morgan fingerprint density at radius 1 is 1.14 bits per heavy atom. The molecule has 0 unspecified atom stereocenters. The summed E-state index contributed by atoms with van der Waals surface area (Å²) in [5, 5.41) is 2.78. The lowest BCUT2D eigenvalue weighted by Gasteiger charge is -2.28. The second-order valence-corrected chi connectivity index (χ2v) is 6.41. The number of anilines is 1. The van der Waals surface area contributed by atoms with Gasteiger partial charge in [0, 0.05) is 6.54 Å². The minimum atomic E-state index is -0.542. The Morgan fingerprint density at radius 3 is 2.64 bits per heavy atom. The van der Waals surface area contributed by atoms with Crippen molar-refractivity contribution in [1.29, 1.82) is 0 Å². The van der Waals surface area contributed by atoms with E-state index in [1.165, 1.54) is 4.90 Å². The van der Waals surface area contributed by atoms with Crippen LogP contribution in [0.25, 0.3) is 0 Å². The maximum Gasteiger partial charge on any atom is 0.308 e. The van der Waals surface area contributed by atoms with Crippen LogP contribution in [0.5, 0.6) is 5.75 Å². The van der Waals surface area contributed by atoms with Gasteiger partial charge in [-0.25, -0.2) is 0 Å². The number of para-hydroxylation sites is 2. The minimum absolute atomic E-state index is 0.0123. The van der Waals surface area contributed by atoms with E-state index < -0.39 is 5.97 Å². The number of esters is 1. The van der Waals surface area contributed by atoms with Crippen molar-refractivity contribution >= 4 is 23.5 Å². The van der Waals surface area contributed by atoms with Crippen LogP contribution in [-0.4, -0.2) is 37.5 Å². The van der Waals surface area contributed by atoms with Crippen molar-refractivity contribution in [3.8, 4) is 5.75 Å². The first-order chi connectivity index (χ1) is 13.5. The normalized spacial score (nSPS) is 13.9. The Bertz CT molecular complexity index is 853. The smallest absolute Gasteiger partial charge is 0.308 e. The summed E-state index contributed by atoms with van der Waals surface area (Å²) >= 11 is 0. The number of ether oxygens (including phenoxy) is 2. The van der Waals surface area contributed by atoms with Gasteiger partial charge in [-0.15, -0.1) is 0 Å². The van der Waals surface area contributed by atoms with Crippen LogP contribution in [0.15, 0.2) is 54.6 Å². The monoisotopic (exact) mass is 382 g/mol. The number of carbonyl (C=O) groups is 3. The number of rotatable bonds is 7. The molecule has 0 saturated heterocycles. The number of carbonyl (C=O) groups excluding carboxylic acids is 3. The molecule has 2 aromatic rings. The molecule has 0 aromatic heterocycles. The van der Waals surface area contributed by atoms with E-state index in [0.717, 1.165) is 5.56 Å². The number of amides is 2. The van der Waals surface area contributed by atoms with Crippen molar-refractivity contribution in [2.45, 2.75) is 19.4 Å². The lowest BCUT2D eigenvalue weighted by Crippen LogP contribution is -2.40. The maximum absolute atomic E-state index is 12.1. The molecule has 28 heavy (non-hydrogen) atoms. The Balaban J connectivity index is 1.45. The van der Waals surface area contributed by atoms with Gasteiger partial charge in [-0.2, -0.15) is 0 Å². The van der Waals surface area contributed by atoms with Crippen LogP contribution in [0.2, 0.25) is 0 Å². The Labute approximate surface area is 163 Å². The summed E-state index contributed by atoms with van der Waals surface area (Å²) in [6, 6.07) is 16.5. The third kappa shape index (κ3) is 4.88. The molecule has 1 atom stereocenters. The van der Waals surface area contributed by atoms with E-state index in [2.05, 4.69) is 5.32 Å². The molecule has 0 aliphatic carbocycles. The molecule has 1 aliphatic rings. The van der Waals surface area contributed by atoms with Crippen LogP contribution in [0, 0.1) is 0 Å². The fourth-order valence-corrected chi connectivity index (χ4v) is 2.93. The molecule has 1 N–H and O–H groups in total. The highest BCUT2D eigenvalue weighted by Crippen LogP contribution is 2.31. The molecule has 1 aliphatic heterocycles. The predicted molar refractivity (Wildman–Crippen MR) is 103 cm³/mol. The van der Waals surface area contributed by atoms with Crippen molar-refractivity contribution in [3.63, 3.8) is 0 Å². The molecule has 2 amide bonds. The van der Waals surface area contributed by atoms with E-state index in [0.29, 0.717) is 11.4 Å². The molecule has 0 spiro atoms. The standard InChI is InChI=1S/C21H22N2O5/c1-15(16-7-3-2-4-8-16)22-19(24)13-28-21(26)11-12-23-17-9-5-6-10-18(17)27-14-20(23)25/h2-10,15H,11-14H2,1H3,(H,22,24)/t15-/m0/s1. The topological polar surface area (TPSA) is 84.9 Å². The van der Waals surface area contributed by atoms with E-state index in [4.69, 9.17) is 9.47 Å².